The summed E-state index contributed by atoms with van der Waals surface area (Å²) >= 11 is 1.43. The number of fused-ring (bicyclic) bond motifs is 1. The summed E-state index contributed by atoms with van der Waals surface area (Å²) < 4.78 is 15.1. The number of nitrogens with zero attached hydrogens (tertiary/aromatic N) is 2. The zero-order chi connectivity index (χ0) is 26.6. The van der Waals surface area contributed by atoms with Gasteiger partial charge in [-0.2, -0.15) is 0 Å². The highest BCUT2D eigenvalue weighted by Gasteiger charge is 2.21. The molecule has 37 heavy (non-hydrogen) atoms. The van der Waals surface area contributed by atoms with Crippen LogP contribution in [0.5, 0.6) is 0 Å². The van der Waals surface area contributed by atoms with Gasteiger partial charge in [-0.15, -0.1) is 11.3 Å². The van der Waals surface area contributed by atoms with E-state index in [1.807, 2.05) is 36.7 Å². The van der Waals surface area contributed by atoms with Crippen LogP contribution in [-0.2, 0) is 16.0 Å². The first-order chi connectivity index (χ1) is 17.6. The van der Waals surface area contributed by atoms with Gasteiger partial charge < -0.3 is 16.0 Å². The lowest BCUT2D eigenvalue weighted by molar-refractivity contribution is -0.123. The number of imidazole rings is 1. The van der Waals surface area contributed by atoms with Crippen LogP contribution in [0.2, 0.25) is 0 Å². The summed E-state index contributed by atoms with van der Waals surface area (Å²) in [5.74, 6) is -0.859. The van der Waals surface area contributed by atoms with E-state index in [0.29, 0.717) is 16.9 Å². The molecule has 0 aliphatic heterocycles. The molecule has 4 rings (SSSR count). The van der Waals surface area contributed by atoms with Crippen molar-refractivity contribution in [2.75, 3.05) is 18.4 Å². The highest BCUT2D eigenvalue weighted by atomic mass is 32.1. The van der Waals surface area contributed by atoms with Gasteiger partial charge >= 0.3 is 0 Å². The molecule has 0 saturated carbocycles. The van der Waals surface area contributed by atoms with E-state index in [2.05, 4.69) is 20.9 Å². The lowest BCUT2D eigenvalue weighted by Crippen LogP contribution is -2.35. The SMILES string of the molecule is CC(C)(C)C(=O)Nc1ccc(C(=O)NCCNC(=O)Cc2csc3nc(-c4ccc(F)cc4)cn23)cc1. The molecule has 192 valence electrons. The van der Waals surface area contributed by atoms with Crippen molar-refractivity contribution in [2.45, 2.75) is 27.2 Å². The van der Waals surface area contributed by atoms with Crippen molar-refractivity contribution in [2.24, 2.45) is 5.41 Å². The third kappa shape index (κ3) is 6.59. The van der Waals surface area contributed by atoms with Crippen molar-refractivity contribution in [3.63, 3.8) is 0 Å². The predicted molar refractivity (Wildman–Crippen MR) is 142 cm³/mol. The van der Waals surface area contributed by atoms with Gasteiger partial charge in [-0.05, 0) is 48.5 Å². The second-order valence-electron chi connectivity index (χ2n) is 9.58. The van der Waals surface area contributed by atoms with E-state index in [4.69, 9.17) is 0 Å². The van der Waals surface area contributed by atoms with Crippen molar-refractivity contribution >= 4 is 39.7 Å². The van der Waals surface area contributed by atoms with E-state index >= 15 is 0 Å². The summed E-state index contributed by atoms with van der Waals surface area (Å²) in [5.41, 5.74) is 2.86. The molecule has 3 amide bonds. The number of aromatic nitrogens is 2. The smallest absolute Gasteiger partial charge is 0.251 e. The van der Waals surface area contributed by atoms with Gasteiger partial charge in [0.25, 0.3) is 5.91 Å². The van der Waals surface area contributed by atoms with Gasteiger partial charge in [0.2, 0.25) is 11.8 Å². The van der Waals surface area contributed by atoms with Crippen LogP contribution >= 0.6 is 11.3 Å². The van der Waals surface area contributed by atoms with Gasteiger partial charge in [-0.1, -0.05) is 20.8 Å². The Kier molecular flexibility index (Phi) is 7.68. The Morgan fingerprint density at radius 2 is 1.65 bits per heavy atom. The van der Waals surface area contributed by atoms with Gasteiger partial charge in [0.15, 0.2) is 4.96 Å². The van der Waals surface area contributed by atoms with Crippen molar-refractivity contribution in [3.8, 4) is 11.3 Å². The predicted octanol–water partition coefficient (Wildman–Crippen LogP) is 4.28. The molecule has 0 unspecified atom stereocenters. The minimum absolute atomic E-state index is 0.106. The van der Waals surface area contributed by atoms with Crippen molar-refractivity contribution < 1.29 is 18.8 Å². The van der Waals surface area contributed by atoms with E-state index in [1.165, 1.54) is 23.5 Å². The number of rotatable bonds is 8. The number of carbonyl (C=O) groups is 3. The number of thiazole rings is 1. The molecular weight excluding hydrogens is 493 g/mol. The first-order valence-corrected chi connectivity index (χ1v) is 12.7. The van der Waals surface area contributed by atoms with Crippen LogP contribution in [-0.4, -0.2) is 40.2 Å². The number of hydrogen-bond donors (Lipinski definition) is 3. The zero-order valence-electron chi connectivity index (χ0n) is 20.8. The van der Waals surface area contributed by atoms with Crippen LogP contribution in [0.15, 0.2) is 60.1 Å². The Labute approximate surface area is 217 Å². The standard InChI is InChI=1S/C27H28FN5O3S/c1-27(2,3)25(36)31-20-10-6-18(7-11-20)24(35)30-13-12-29-23(34)14-21-16-37-26-32-22(15-33(21)26)17-4-8-19(28)9-5-17/h4-11,15-16H,12-14H2,1-3H3,(H,29,34)(H,30,35)(H,31,36). The number of halogens is 1. The van der Waals surface area contributed by atoms with Crippen LogP contribution in [0.1, 0.15) is 36.8 Å². The van der Waals surface area contributed by atoms with Crippen LogP contribution in [0.4, 0.5) is 10.1 Å². The van der Waals surface area contributed by atoms with E-state index in [-0.39, 0.29) is 43.0 Å². The summed E-state index contributed by atoms with van der Waals surface area (Å²) in [5, 5.41) is 10.3. The third-order valence-electron chi connectivity index (χ3n) is 5.58. The Morgan fingerprint density at radius 1 is 0.973 bits per heavy atom. The lowest BCUT2D eigenvalue weighted by Gasteiger charge is -2.17. The summed E-state index contributed by atoms with van der Waals surface area (Å²) in [6.45, 7) is 6.03. The monoisotopic (exact) mass is 521 g/mol. The van der Waals surface area contributed by atoms with E-state index < -0.39 is 5.41 Å². The van der Waals surface area contributed by atoms with E-state index in [9.17, 15) is 18.8 Å². The summed E-state index contributed by atoms with van der Waals surface area (Å²) in [7, 11) is 0. The number of hydrogen-bond acceptors (Lipinski definition) is 5. The largest absolute Gasteiger partial charge is 0.354 e. The Bertz CT molecular complexity index is 1420. The number of anilines is 1. The molecule has 3 N–H and O–H groups in total. The average molecular weight is 522 g/mol. The van der Waals surface area contributed by atoms with Gasteiger partial charge in [-0.25, -0.2) is 9.37 Å². The molecule has 0 saturated heterocycles. The molecule has 0 bridgehead atoms. The Morgan fingerprint density at radius 3 is 2.32 bits per heavy atom. The van der Waals surface area contributed by atoms with Gasteiger partial charge in [0.05, 0.1) is 12.1 Å². The van der Waals surface area contributed by atoms with E-state index in [0.717, 1.165) is 16.2 Å². The maximum Gasteiger partial charge on any atom is 0.251 e. The van der Waals surface area contributed by atoms with E-state index in [1.54, 1.807) is 36.4 Å². The number of amides is 3. The molecule has 4 aromatic rings. The van der Waals surface area contributed by atoms with Gasteiger partial charge in [0, 0.05) is 52.6 Å². The second-order valence-corrected chi connectivity index (χ2v) is 10.4. The fourth-order valence-electron chi connectivity index (χ4n) is 3.45. The number of carbonyl (C=O) groups excluding carboxylic acids is 3. The highest BCUT2D eigenvalue weighted by Crippen LogP contribution is 2.24. The molecule has 2 heterocycles. The molecule has 0 radical (unpaired) electrons. The normalized spacial score (nSPS) is 11.4. The first kappa shape index (κ1) is 26.0. The molecule has 2 aromatic heterocycles. The van der Waals surface area contributed by atoms with Crippen molar-refractivity contribution in [1.29, 1.82) is 0 Å². The molecular formula is C27H28FN5O3S. The van der Waals surface area contributed by atoms with Crippen LogP contribution in [0.3, 0.4) is 0 Å². The highest BCUT2D eigenvalue weighted by molar-refractivity contribution is 7.15. The maximum absolute atomic E-state index is 13.2. The fraction of sp³-hybridized carbons (Fsp3) is 0.259. The minimum atomic E-state index is -0.512. The van der Waals surface area contributed by atoms with Crippen LogP contribution < -0.4 is 16.0 Å². The molecule has 0 aliphatic carbocycles. The van der Waals surface area contributed by atoms with Gasteiger partial charge in [-0.3, -0.25) is 18.8 Å². The minimum Gasteiger partial charge on any atom is -0.354 e. The first-order valence-electron chi connectivity index (χ1n) is 11.8. The Balaban J connectivity index is 1.24. The summed E-state index contributed by atoms with van der Waals surface area (Å²) in [4.78, 5) is 42.2. The second kappa shape index (κ2) is 10.9. The topological polar surface area (TPSA) is 105 Å². The van der Waals surface area contributed by atoms with Crippen LogP contribution in [0.25, 0.3) is 16.2 Å². The quantitative estimate of drug-likeness (QED) is 0.301. The maximum atomic E-state index is 13.2. The van der Waals surface area contributed by atoms with Crippen LogP contribution in [0, 0.1) is 11.2 Å². The van der Waals surface area contributed by atoms with Gasteiger partial charge in [0.1, 0.15) is 5.82 Å². The molecule has 10 heteroatoms. The molecule has 0 spiro atoms. The number of benzene rings is 2. The molecule has 8 nitrogen and oxygen atoms in total. The van der Waals surface area contributed by atoms with Crippen molar-refractivity contribution in [3.05, 3.63) is 77.2 Å². The third-order valence-corrected chi connectivity index (χ3v) is 6.47. The average Bonchev–Trinajstić information content (AvgIpc) is 3.44. The molecule has 0 atom stereocenters. The molecule has 0 fully saturated rings. The zero-order valence-corrected chi connectivity index (χ0v) is 21.6. The Hall–Kier alpha value is -4.05. The molecule has 0 aliphatic rings. The lowest BCUT2D eigenvalue weighted by atomic mass is 9.95. The van der Waals surface area contributed by atoms with Crippen molar-refractivity contribution in [1.82, 2.24) is 20.0 Å². The number of nitrogens with one attached hydrogen (secondary N) is 3. The summed E-state index contributed by atoms with van der Waals surface area (Å²) in [6.07, 6.45) is 2.00. The fourth-order valence-corrected chi connectivity index (χ4v) is 4.32. The molecule has 2 aromatic carbocycles. The summed E-state index contributed by atoms with van der Waals surface area (Å²) in [6, 6.07) is 12.7.